The van der Waals surface area contributed by atoms with Gasteiger partial charge in [0.05, 0.1) is 6.61 Å². The first kappa shape index (κ1) is 14.3. The summed E-state index contributed by atoms with van der Waals surface area (Å²) in [6, 6.07) is 0. The number of carbonyl (C=O) groups is 1. The Labute approximate surface area is 88.5 Å². The average molecular weight is 222 g/mol. The fraction of sp³-hybridized carbons (Fsp3) is 0.889. The van der Waals surface area contributed by atoms with Crippen molar-refractivity contribution in [1.82, 2.24) is 0 Å². The lowest BCUT2D eigenvalue weighted by Gasteiger charge is -2.00. The first-order valence-electron chi connectivity index (χ1n) is 5.09. The fourth-order valence-corrected chi connectivity index (χ4v) is 1.20. The maximum atomic E-state index is 10.2. The first-order chi connectivity index (χ1) is 7.27. The van der Waals surface area contributed by atoms with Gasteiger partial charge in [0, 0.05) is 6.42 Å². The van der Waals surface area contributed by atoms with E-state index in [2.05, 4.69) is 15.0 Å². The van der Waals surface area contributed by atoms with Crippen LogP contribution in [0, 0.1) is 0 Å². The number of hydrogen-bond acceptors (Lipinski definition) is 5. The molecule has 0 unspecified atom stereocenters. The molecule has 6 nitrogen and oxygen atoms in total. The predicted octanol–water partition coefficient (Wildman–Crippen LogP) is 2.15. The van der Waals surface area contributed by atoms with Gasteiger partial charge in [-0.05, 0) is 22.9 Å². The van der Waals surface area contributed by atoms with Crippen LogP contribution in [0.2, 0.25) is 0 Å². The Kier molecular flexibility index (Phi) is 10.9. The highest BCUT2D eigenvalue weighted by molar-refractivity contribution is 5.66. The molecule has 6 heteroatoms. The van der Waals surface area contributed by atoms with E-state index < -0.39 is 5.97 Å². The van der Waals surface area contributed by atoms with Crippen LogP contribution in [0.3, 0.4) is 0 Å². The van der Waals surface area contributed by atoms with Crippen molar-refractivity contribution in [2.24, 2.45) is 0 Å². The van der Waals surface area contributed by atoms with Crippen LogP contribution < -0.4 is 0 Å². The Balaban J connectivity index is 2.89. The van der Waals surface area contributed by atoms with E-state index >= 15 is 0 Å². The van der Waals surface area contributed by atoms with Crippen molar-refractivity contribution in [3.63, 3.8) is 0 Å². The minimum Gasteiger partial charge on any atom is -0.481 e. The molecule has 0 saturated carbocycles. The molecule has 0 aliphatic rings. The van der Waals surface area contributed by atoms with Gasteiger partial charge in [-0.1, -0.05) is 25.7 Å². The van der Waals surface area contributed by atoms with Gasteiger partial charge in [0.15, 0.2) is 0 Å². The van der Waals surface area contributed by atoms with Gasteiger partial charge in [0.2, 0.25) is 0 Å². The zero-order valence-electron chi connectivity index (χ0n) is 8.68. The van der Waals surface area contributed by atoms with Crippen LogP contribution in [-0.4, -0.2) is 22.9 Å². The van der Waals surface area contributed by atoms with Gasteiger partial charge in [0.1, 0.15) is 0 Å². The van der Waals surface area contributed by atoms with E-state index in [1.165, 1.54) is 0 Å². The third-order valence-corrected chi connectivity index (χ3v) is 1.95. The highest BCUT2D eigenvalue weighted by Crippen LogP contribution is 2.07. The van der Waals surface area contributed by atoms with Crippen LogP contribution in [-0.2, 0) is 19.8 Å². The monoisotopic (exact) mass is 222 g/mol. The molecule has 0 aliphatic heterocycles. The molecule has 0 amide bonds. The molecule has 0 aromatic heterocycles. The SMILES string of the molecule is O=C(O)CCCCCCCCOOOO. The minimum absolute atomic E-state index is 0.255. The summed E-state index contributed by atoms with van der Waals surface area (Å²) >= 11 is 0. The lowest BCUT2D eigenvalue weighted by molar-refractivity contribution is -0.623. The van der Waals surface area contributed by atoms with Gasteiger partial charge in [-0.15, -0.1) is 0 Å². The zero-order chi connectivity index (χ0) is 11.4. The lowest BCUT2D eigenvalue weighted by atomic mass is 10.1. The number of unbranched alkanes of at least 4 members (excludes halogenated alkanes) is 5. The minimum atomic E-state index is -0.732. The second kappa shape index (κ2) is 11.4. The van der Waals surface area contributed by atoms with Gasteiger partial charge in [0.25, 0.3) is 0 Å². The summed E-state index contributed by atoms with van der Waals surface area (Å²) in [5.41, 5.74) is 0. The Morgan fingerprint density at radius 1 is 1.00 bits per heavy atom. The van der Waals surface area contributed by atoms with Crippen LogP contribution >= 0.6 is 0 Å². The van der Waals surface area contributed by atoms with Gasteiger partial charge >= 0.3 is 5.97 Å². The van der Waals surface area contributed by atoms with E-state index in [-0.39, 0.29) is 6.42 Å². The van der Waals surface area contributed by atoms with Crippen molar-refractivity contribution in [2.75, 3.05) is 6.61 Å². The van der Waals surface area contributed by atoms with Crippen molar-refractivity contribution < 1.29 is 30.1 Å². The van der Waals surface area contributed by atoms with Crippen LogP contribution in [0.5, 0.6) is 0 Å². The Morgan fingerprint density at radius 2 is 1.60 bits per heavy atom. The third kappa shape index (κ3) is 13.3. The lowest BCUT2D eigenvalue weighted by Crippen LogP contribution is -1.96. The molecule has 0 aromatic carbocycles. The maximum Gasteiger partial charge on any atom is 0.303 e. The van der Waals surface area contributed by atoms with E-state index in [0.29, 0.717) is 6.61 Å². The van der Waals surface area contributed by atoms with Crippen LogP contribution in [0.25, 0.3) is 0 Å². The number of carboxylic acid groups (broad SMARTS) is 1. The van der Waals surface area contributed by atoms with Crippen LogP contribution in [0.4, 0.5) is 0 Å². The number of carboxylic acids is 1. The van der Waals surface area contributed by atoms with Gasteiger partial charge < -0.3 is 5.11 Å². The standard InChI is InChI=1S/C9H18O6/c10-9(11)7-5-3-1-2-4-6-8-13-15-14-12/h12H,1-8H2,(H,10,11). The third-order valence-electron chi connectivity index (χ3n) is 1.95. The molecule has 0 bridgehead atoms. The van der Waals surface area contributed by atoms with Crippen molar-refractivity contribution in [1.29, 1.82) is 0 Å². The highest BCUT2D eigenvalue weighted by atomic mass is 17.6. The molecule has 0 spiro atoms. The highest BCUT2D eigenvalue weighted by Gasteiger charge is 1.96. The van der Waals surface area contributed by atoms with Gasteiger partial charge in [-0.2, -0.15) is 0 Å². The Hall–Kier alpha value is -0.690. The van der Waals surface area contributed by atoms with Crippen LogP contribution in [0.15, 0.2) is 0 Å². The molecule has 0 aliphatic carbocycles. The van der Waals surface area contributed by atoms with E-state index in [1.807, 2.05) is 0 Å². The molecule has 0 fully saturated rings. The van der Waals surface area contributed by atoms with E-state index in [0.717, 1.165) is 38.5 Å². The largest absolute Gasteiger partial charge is 0.481 e. The Bertz CT molecular complexity index is 150. The molecule has 15 heavy (non-hydrogen) atoms. The van der Waals surface area contributed by atoms with Crippen molar-refractivity contribution in [2.45, 2.75) is 44.9 Å². The van der Waals surface area contributed by atoms with Crippen molar-refractivity contribution in [3.8, 4) is 0 Å². The molecule has 2 N–H and O–H groups in total. The van der Waals surface area contributed by atoms with E-state index in [9.17, 15) is 4.79 Å². The number of rotatable bonds is 11. The first-order valence-corrected chi connectivity index (χ1v) is 5.09. The molecule has 0 radical (unpaired) electrons. The molecule has 0 atom stereocenters. The molecule has 0 saturated heterocycles. The van der Waals surface area contributed by atoms with Crippen molar-refractivity contribution >= 4 is 5.97 Å². The molecule has 0 heterocycles. The Morgan fingerprint density at radius 3 is 2.20 bits per heavy atom. The summed E-state index contributed by atoms with van der Waals surface area (Å²) in [6.45, 7) is 0.371. The van der Waals surface area contributed by atoms with Gasteiger partial charge in [-0.25, -0.2) is 10.1 Å². The maximum absolute atomic E-state index is 10.2. The molecule has 0 aromatic rings. The van der Waals surface area contributed by atoms with Crippen molar-refractivity contribution in [3.05, 3.63) is 0 Å². The quantitative estimate of drug-likeness (QED) is 0.316. The second-order valence-corrected chi connectivity index (χ2v) is 3.23. The molecular formula is C9H18O6. The summed E-state index contributed by atoms with van der Waals surface area (Å²) in [6.07, 6.45) is 5.83. The predicted molar refractivity (Wildman–Crippen MR) is 50.7 cm³/mol. The summed E-state index contributed by atoms with van der Waals surface area (Å²) in [5.74, 6) is -0.732. The summed E-state index contributed by atoms with van der Waals surface area (Å²) in [7, 11) is 0. The fourth-order valence-electron chi connectivity index (χ4n) is 1.20. The molecular weight excluding hydrogens is 204 g/mol. The smallest absolute Gasteiger partial charge is 0.303 e. The summed E-state index contributed by atoms with van der Waals surface area (Å²) in [5, 5.41) is 23.1. The zero-order valence-corrected chi connectivity index (χ0v) is 8.68. The average Bonchev–Trinajstić information content (AvgIpc) is 2.20. The summed E-state index contributed by atoms with van der Waals surface area (Å²) in [4.78, 5) is 14.6. The van der Waals surface area contributed by atoms with E-state index in [4.69, 9.17) is 10.4 Å². The van der Waals surface area contributed by atoms with E-state index in [1.54, 1.807) is 0 Å². The summed E-state index contributed by atoms with van der Waals surface area (Å²) < 4.78 is 0. The van der Waals surface area contributed by atoms with Crippen LogP contribution in [0.1, 0.15) is 44.9 Å². The number of hydrogen-bond donors (Lipinski definition) is 2. The number of aliphatic carboxylic acids is 1. The topological polar surface area (TPSA) is 85.2 Å². The molecule has 90 valence electrons. The van der Waals surface area contributed by atoms with Gasteiger partial charge in [-0.3, -0.25) is 4.79 Å². The normalized spacial score (nSPS) is 10.5. The second-order valence-electron chi connectivity index (χ2n) is 3.23. The molecule has 0 rings (SSSR count).